The van der Waals surface area contributed by atoms with Gasteiger partial charge in [0, 0.05) is 53.4 Å². The van der Waals surface area contributed by atoms with Crippen molar-refractivity contribution in [3.05, 3.63) is 206 Å². The van der Waals surface area contributed by atoms with Crippen molar-refractivity contribution < 1.29 is 0 Å². The van der Waals surface area contributed by atoms with E-state index in [0.717, 1.165) is 22.7 Å². The van der Waals surface area contributed by atoms with E-state index in [2.05, 4.69) is 216 Å². The zero-order valence-electron chi connectivity index (χ0n) is 30.9. The minimum Gasteiger partial charge on any atom is -0.310 e. The fraction of sp³-hybridized carbons (Fsp3) is 0. The normalized spacial score (nSPS) is 11.9. The number of benzene rings is 10. The van der Waals surface area contributed by atoms with Crippen LogP contribution < -0.4 is 4.90 Å². The van der Waals surface area contributed by atoms with Gasteiger partial charge in [0.25, 0.3) is 0 Å². The van der Waals surface area contributed by atoms with Crippen molar-refractivity contribution in [2.24, 2.45) is 0 Å². The highest BCUT2D eigenvalue weighted by Crippen LogP contribution is 2.46. The maximum Gasteiger partial charge on any atom is 0.0546 e. The molecule has 0 saturated carbocycles. The summed E-state index contributed by atoms with van der Waals surface area (Å²) in [5.74, 6) is 0. The minimum absolute atomic E-state index is 1.11. The SMILES string of the molecule is c1cc(-c2ccc(N(c3ccc4c(c3)sc3c5ccccc5ccc43)c3cc4ccccc4c4ccccc34)cc2)cc(-n2c3ccccc3c3ccccc32)c1. The first-order chi connectivity index (χ1) is 28.3. The predicted octanol–water partition coefficient (Wildman–Crippen LogP) is 15.7. The molecule has 0 atom stereocenters. The number of aromatic nitrogens is 1. The first-order valence-corrected chi connectivity index (χ1v) is 20.3. The first-order valence-electron chi connectivity index (χ1n) is 19.5. The van der Waals surface area contributed by atoms with Crippen molar-refractivity contribution in [3.8, 4) is 16.8 Å². The van der Waals surface area contributed by atoms with Gasteiger partial charge in [0.05, 0.1) is 16.7 Å². The highest BCUT2D eigenvalue weighted by atomic mass is 32.1. The Balaban J connectivity index is 1.03. The number of hydrogen-bond acceptors (Lipinski definition) is 2. The van der Waals surface area contributed by atoms with E-state index < -0.39 is 0 Å². The molecule has 10 aromatic carbocycles. The van der Waals surface area contributed by atoms with E-state index >= 15 is 0 Å². The van der Waals surface area contributed by atoms with E-state index in [1.54, 1.807) is 0 Å². The number of rotatable bonds is 5. The van der Waals surface area contributed by atoms with Gasteiger partial charge in [0.2, 0.25) is 0 Å². The first kappa shape index (κ1) is 32.1. The van der Waals surface area contributed by atoms with Crippen molar-refractivity contribution in [1.29, 1.82) is 0 Å². The van der Waals surface area contributed by atoms with Crippen molar-refractivity contribution in [1.82, 2.24) is 4.57 Å². The van der Waals surface area contributed by atoms with Gasteiger partial charge in [-0.15, -0.1) is 11.3 Å². The quantitative estimate of drug-likeness (QED) is 0.159. The largest absolute Gasteiger partial charge is 0.310 e. The molecular weight excluding hydrogens is 709 g/mol. The van der Waals surface area contributed by atoms with Crippen LogP contribution in [0.3, 0.4) is 0 Å². The summed E-state index contributed by atoms with van der Waals surface area (Å²) >= 11 is 1.89. The zero-order valence-corrected chi connectivity index (χ0v) is 31.7. The van der Waals surface area contributed by atoms with E-state index in [1.165, 1.54) is 85.4 Å². The highest BCUT2D eigenvalue weighted by molar-refractivity contribution is 7.26. The Morgan fingerprint density at radius 3 is 1.74 bits per heavy atom. The Morgan fingerprint density at radius 2 is 0.965 bits per heavy atom. The number of hydrogen-bond donors (Lipinski definition) is 0. The molecule has 2 nitrogen and oxygen atoms in total. The number of fused-ring (bicyclic) bond motifs is 11. The van der Waals surface area contributed by atoms with Crippen molar-refractivity contribution >= 4 is 103 Å². The van der Waals surface area contributed by atoms with Gasteiger partial charge >= 0.3 is 0 Å². The second-order valence-electron chi connectivity index (χ2n) is 14.9. The number of para-hydroxylation sites is 2. The number of nitrogens with zero attached hydrogens (tertiary/aromatic N) is 2. The van der Waals surface area contributed by atoms with Gasteiger partial charge in [-0.25, -0.2) is 0 Å². The molecule has 0 amide bonds. The second-order valence-corrected chi connectivity index (χ2v) is 16.0. The third-order valence-corrected chi connectivity index (χ3v) is 12.9. The standard InChI is InChI=1S/C54H34N2S/c1-4-17-43-36(12-1)26-30-49-48-31-29-41(34-53(48)57-54(43)49)55(52-33-38-13-2-3-16-42(38)44-18-5-6-19-45(44)52)39-27-24-35(25-28-39)37-14-11-15-40(32-37)56-50-22-9-7-20-46(50)47-21-8-10-23-51(47)56/h1-34H. The third-order valence-electron chi connectivity index (χ3n) is 11.7. The Bertz CT molecular complexity index is 3480. The Labute approximate surface area is 333 Å². The van der Waals surface area contributed by atoms with Gasteiger partial charge in [-0.05, 0) is 92.7 Å². The lowest BCUT2D eigenvalue weighted by atomic mass is 9.98. The Kier molecular flexibility index (Phi) is 7.13. The maximum absolute atomic E-state index is 2.45. The van der Waals surface area contributed by atoms with Crippen molar-refractivity contribution in [2.45, 2.75) is 0 Å². The van der Waals surface area contributed by atoms with Crippen LogP contribution in [0.2, 0.25) is 0 Å². The third kappa shape index (κ3) is 5.03. The monoisotopic (exact) mass is 742 g/mol. The van der Waals surface area contributed by atoms with Gasteiger partial charge in [-0.1, -0.05) is 152 Å². The molecule has 0 aliphatic heterocycles. The smallest absolute Gasteiger partial charge is 0.0546 e. The molecular formula is C54H34N2S. The summed E-state index contributed by atoms with van der Waals surface area (Å²) in [4.78, 5) is 2.45. The topological polar surface area (TPSA) is 8.17 Å². The predicted molar refractivity (Wildman–Crippen MR) is 246 cm³/mol. The average molecular weight is 743 g/mol. The average Bonchev–Trinajstić information content (AvgIpc) is 3.83. The van der Waals surface area contributed by atoms with E-state index in [4.69, 9.17) is 0 Å². The molecule has 0 aliphatic carbocycles. The molecule has 0 bridgehead atoms. The summed E-state index contributed by atoms with van der Waals surface area (Å²) in [6.07, 6.45) is 0. The Morgan fingerprint density at radius 1 is 0.351 bits per heavy atom. The minimum atomic E-state index is 1.11. The van der Waals surface area contributed by atoms with Crippen LogP contribution in [0.25, 0.3) is 91.1 Å². The molecule has 57 heavy (non-hydrogen) atoms. The van der Waals surface area contributed by atoms with Crippen molar-refractivity contribution in [2.75, 3.05) is 4.90 Å². The molecule has 266 valence electrons. The summed E-state index contributed by atoms with van der Waals surface area (Å²) in [6, 6.07) is 75.7. The van der Waals surface area contributed by atoms with Gasteiger partial charge in [0.15, 0.2) is 0 Å². The number of anilines is 3. The van der Waals surface area contributed by atoms with E-state index in [0.29, 0.717) is 0 Å². The van der Waals surface area contributed by atoms with Crippen molar-refractivity contribution in [3.63, 3.8) is 0 Å². The van der Waals surface area contributed by atoms with Crippen LogP contribution in [0.4, 0.5) is 17.1 Å². The van der Waals surface area contributed by atoms with Crippen LogP contribution >= 0.6 is 11.3 Å². The number of thiophene rings is 1. The lowest BCUT2D eigenvalue weighted by molar-refractivity contribution is 1.18. The summed E-state index contributed by atoms with van der Waals surface area (Å²) in [5, 5.41) is 12.7. The molecule has 12 rings (SSSR count). The molecule has 12 aromatic rings. The molecule has 2 heterocycles. The maximum atomic E-state index is 2.45. The summed E-state index contributed by atoms with van der Waals surface area (Å²) in [5.41, 5.74) is 9.36. The Hall–Kier alpha value is -7.20. The molecule has 0 spiro atoms. The molecule has 0 fully saturated rings. The van der Waals surface area contributed by atoms with Gasteiger partial charge in [-0.2, -0.15) is 0 Å². The summed E-state index contributed by atoms with van der Waals surface area (Å²) < 4.78 is 5.02. The van der Waals surface area contributed by atoms with E-state index in [1.807, 2.05) is 11.3 Å². The molecule has 0 saturated heterocycles. The molecule has 0 N–H and O–H groups in total. The highest BCUT2D eigenvalue weighted by Gasteiger charge is 2.20. The zero-order chi connectivity index (χ0) is 37.5. The lowest BCUT2D eigenvalue weighted by Gasteiger charge is -2.28. The van der Waals surface area contributed by atoms with Crippen LogP contribution in [-0.4, -0.2) is 4.57 Å². The lowest BCUT2D eigenvalue weighted by Crippen LogP contribution is -2.10. The summed E-state index contributed by atoms with van der Waals surface area (Å²) in [6.45, 7) is 0. The molecule has 0 radical (unpaired) electrons. The van der Waals surface area contributed by atoms with E-state index in [9.17, 15) is 0 Å². The second kappa shape index (κ2) is 12.7. The molecule has 3 heteroatoms. The molecule has 0 aliphatic rings. The van der Waals surface area contributed by atoms with Crippen LogP contribution in [0.15, 0.2) is 206 Å². The van der Waals surface area contributed by atoms with Crippen LogP contribution in [-0.2, 0) is 0 Å². The fourth-order valence-corrected chi connectivity index (χ4v) is 10.4. The van der Waals surface area contributed by atoms with Crippen LogP contribution in [0, 0.1) is 0 Å². The molecule has 2 aromatic heterocycles. The molecule has 0 unspecified atom stereocenters. The van der Waals surface area contributed by atoms with Gasteiger partial charge in [-0.3, -0.25) is 0 Å². The van der Waals surface area contributed by atoms with Gasteiger partial charge in [0.1, 0.15) is 0 Å². The van der Waals surface area contributed by atoms with E-state index in [-0.39, 0.29) is 0 Å². The van der Waals surface area contributed by atoms with Crippen LogP contribution in [0.1, 0.15) is 0 Å². The van der Waals surface area contributed by atoms with Gasteiger partial charge < -0.3 is 9.47 Å². The fourth-order valence-electron chi connectivity index (χ4n) is 9.11. The summed E-state index contributed by atoms with van der Waals surface area (Å²) in [7, 11) is 0. The van der Waals surface area contributed by atoms with Crippen LogP contribution in [0.5, 0.6) is 0 Å².